The molecule has 0 saturated heterocycles. The fraction of sp³-hybridized carbons (Fsp3) is 0.533. The molecule has 1 aromatic rings. The van der Waals surface area contributed by atoms with E-state index in [0.29, 0.717) is 24.3 Å². The van der Waals surface area contributed by atoms with E-state index in [1.807, 2.05) is 6.92 Å². The average molecular weight is 306 g/mol. The lowest BCUT2D eigenvalue weighted by Gasteiger charge is -2.30. The molecular weight excluding hydrogens is 288 g/mol. The van der Waals surface area contributed by atoms with E-state index in [0.717, 1.165) is 6.42 Å². The van der Waals surface area contributed by atoms with Gasteiger partial charge in [0.15, 0.2) is 0 Å². The van der Waals surface area contributed by atoms with E-state index in [2.05, 4.69) is 0 Å². The molecule has 1 fully saturated rings. The molecule has 3 atom stereocenters. The summed E-state index contributed by atoms with van der Waals surface area (Å²) in [4.78, 5) is 33.1. The third-order valence-electron chi connectivity index (χ3n) is 4.29. The molecule has 7 heteroatoms. The maximum Gasteiger partial charge on any atom is 0.269 e. The van der Waals surface area contributed by atoms with E-state index < -0.39 is 21.7 Å². The van der Waals surface area contributed by atoms with Crippen LogP contribution in [0.2, 0.25) is 0 Å². The number of nitrogens with zero attached hydrogens (tertiary/aromatic N) is 2. The Labute approximate surface area is 127 Å². The van der Waals surface area contributed by atoms with Crippen molar-refractivity contribution in [2.75, 3.05) is 6.54 Å². The minimum Gasteiger partial charge on any atom is -0.299 e. The summed E-state index contributed by atoms with van der Waals surface area (Å²) < 4.78 is 0. The second-order valence-corrected chi connectivity index (χ2v) is 5.93. The van der Waals surface area contributed by atoms with Crippen molar-refractivity contribution in [1.29, 1.82) is 0 Å². The molecule has 7 nitrogen and oxygen atoms in total. The molecule has 1 aliphatic rings. The van der Waals surface area contributed by atoms with E-state index >= 15 is 0 Å². The average Bonchev–Trinajstić information content (AvgIpc) is 2.47. The van der Waals surface area contributed by atoms with Crippen molar-refractivity contribution in [3.63, 3.8) is 0 Å². The third kappa shape index (κ3) is 3.66. The molecular formula is C15H18N2O5. The SMILES string of the molecule is C[C@H]1CCC(=O)[C@H]([C@@H](C[N+](=O)[O-])c2cccc([N+](=O)[O-])c2)C1. The molecule has 1 aliphatic carbocycles. The molecule has 118 valence electrons. The zero-order chi connectivity index (χ0) is 16.3. The van der Waals surface area contributed by atoms with Gasteiger partial charge in [0.1, 0.15) is 5.78 Å². The Hall–Kier alpha value is -2.31. The van der Waals surface area contributed by atoms with Crippen LogP contribution in [0.15, 0.2) is 24.3 Å². The summed E-state index contributed by atoms with van der Waals surface area (Å²) in [5.41, 5.74) is 0.389. The summed E-state index contributed by atoms with van der Waals surface area (Å²) in [5.74, 6) is -0.687. The molecule has 2 rings (SSSR count). The van der Waals surface area contributed by atoms with Crippen LogP contribution in [-0.4, -0.2) is 22.2 Å². The van der Waals surface area contributed by atoms with Gasteiger partial charge in [-0.05, 0) is 24.3 Å². The molecule has 0 aliphatic heterocycles. The fourth-order valence-electron chi connectivity index (χ4n) is 3.14. The Morgan fingerprint density at radius 1 is 1.32 bits per heavy atom. The number of carbonyl (C=O) groups excluding carboxylic acids is 1. The van der Waals surface area contributed by atoms with Gasteiger partial charge < -0.3 is 0 Å². The number of nitro groups is 2. The summed E-state index contributed by atoms with van der Waals surface area (Å²) in [5, 5.41) is 21.9. The van der Waals surface area contributed by atoms with Gasteiger partial charge in [-0.3, -0.25) is 25.0 Å². The quantitative estimate of drug-likeness (QED) is 0.614. The lowest BCUT2D eigenvalue weighted by molar-refractivity contribution is -0.484. The molecule has 0 amide bonds. The number of carbonyl (C=O) groups is 1. The Bertz CT molecular complexity index is 601. The van der Waals surface area contributed by atoms with Gasteiger partial charge in [0, 0.05) is 29.4 Å². The second-order valence-electron chi connectivity index (χ2n) is 5.93. The number of non-ortho nitro benzene ring substituents is 1. The van der Waals surface area contributed by atoms with Crippen molar-refractivity contribution in [2.24, 2.45) is 11.8 Å². The largest absolute Gasteiger partial charge is 0.299 e. The molecule has 0 unspecified atom stereocenters. The predicted octanol–water partition coefficient (Wildman–Crippen LogP) is 2.96. The van der Waals surface area contributed by atoms with Crippen LogP contribution < -0.4 is 0 Å². The van der Waals surface area contributed by atoms with E-state index in [4.69, 9.17) is 0 Å². The number of hydrogen-bond donors (Lipinski definition) is 0. The highest BCUT2D eigenvalue weighted by Crippen LogP contribution is 2.37. The normalized spacial score (nSPS) is 23.0. The molecule has 0 N–H and O–H groups in total. The Balaban J connectivity index is 2.37. The monoisotopic (exact) mass is 306 g/mol. The van der Waals surface area contributed by atoms with Crippen molar-refractivity contribution in [3.8, 4) is 0 Å². The van der Waals surface area contributed by atoms with E-state index in [1.165, 1.54) is 18.2 Å². The van der Waals surface area contributed by atoms with Gasteiger partial charge in [0.05, 0.1) is 10.8 Å². The first-order chi connectivity index (χ1) is 10.4. The number of benzene rings is 1. The third-order valence-corrected chi connectivity index (χ3v) is 4.29. The molecule has 22 heavy (non-hydrogen) atoms. The zero-order valence-electron chi connectivity index (χ0n) is 12.3. The summed E-state index contributed by atoms with van der Waals surface area (Å²) in [6.07, 6.45) is 1.82. The van der Waals surface area contributed by atoms with Crippen LogP contribution in [0.4, 0.5) is 5.69 Å². The lowest BCUT2D eigenvalue weighted by atomic mass is 9.72. The summed E-state index contributed by atoms with van der Waals surface area (Å²) in [7, 11) is 0. The molecule has 1 saturated carbocycles. The first-order valence-electron chi connectivity index (χ1n) is 7.27. The van der Waals surface area contributed by atoms with Crippen LogP contribution in [0.25, 0.3) is 0 Å². The van der Waals surface area contributed by atoms with Crippen LogP contribution in [0.1, 0.15) is 37.7 Å². The predicted molar refractivity (Wildman–Crippen MR) is 79.2 cm³/mol. The van der Waals surface area contributed by atoms with Crippen molar-refractivity contribution >= 4 is 11.5 Å². The van der Waals surface area contributed by atoms with Gasteiger partial charge in [-0.25, -0.2) is 0 Å². The number of rotatable bonds is 5. The topological polar surface area (TPSA) is 103 Å². The van der Waals surface area contributed by atoms with Gasteiger partial charge in [0.25, 0.3) is 5.69 Å². The number of ketones is 1. The lowest BCUT2D eigenvalue weighted by Crippen LogP contribution is -2.32. The van der Waals surface area contributed by atoms with E-state index in [-0.39, 0.29) is 18.0 Å². The molecule has 0 radical (unpaired) electrons. The Morgan fingerprint density at radius 2 is 2.05 bits per heavy atom. The number of Topliss-reactive ketones (excluding diaryl/α,β-unsaturated/α-hetero) is 1. The van der Waals surface area contributed by atoms with Gasteiger partial charge >= 0.3 is 0 Å². The molecule has 0 heterocycles. The number of hydrogen-bond acceptors (Lipinski definition) is 5. The first kappa shape index (κ1) is 16.1. The minimum atomic E-state index is -0.606. The van der Waals surface area contributed by atoms with Crippen molar-refractivity contribution < 1.29 is 14.6 Å². The highest BCUT2D eigenvalue weighted by atomic mass is 16.6. The highest BCUT2D eigenvalue weighted by Gasteiger charge is 2.37. The van der Waals surface area contributed by atoms with Crippen LogP contribution in [0.3, 0.4) is 0 Å². The number of nitro benzene ring substituents is 1. The molecule has 0 aromatic heterocycles. The van der Waals surface area contributed by atoms with E-state index in [9.17, 15) is 25.0 Å². The molecule has 1 aromatic carbocycles. The van der Waals surface area contributed by atoms with Crippen LogP contribution in [0.5, 0.6) is 0 Å². The Kier molecular flexibility index (Phi) is 4.85. The van der Waals surface area contributed by atoms with Gasteiger partial charge in [0.2, 0.25) is 6.54 Å². The summed E-state index contributed by atoms with van der Waals surface area (Å²) in [6.45, 7) is 1.64. The van der Waals surface area contributed by atoms with Crippen molar-refractivity contribution in [3.05, 3.63) is 50.1 Å². The summed E-state index contributed by atoms with van der Waals surface area (Å²) in [6, 6.07) is 5.84. The standard InChI is InChI=1S/C15H18N2O5/c1-10-5-6-15(18)13(7-10)14(9-16(19)20)11-3-2-4-12(8-11)17(21)22/h2-4,8,10,13-14H,5-7,9H2,1H3/t10-,13-,14-/m0/s1. The van der Waals surface area contributed by atoms with E-state index in [1.54, 1.807) is 6.07 Å². The van der Waals surface area contributed by atoms with Gasteiger partial charge in [-0.1, -0.05) is 19.1 Å². The maximum absolute atomic E-state index is 12.2. The van der Waals surface area contributed by atoms with Crippen molar-refractivity contribution in [2.45, 2.75) is 32.1 Å². The smallest absolute Gasteiger partial charge is 0.269 e. The first-order valence-corrected chi connectivity index (χ1v) is 7.27. The minimum absolute atomic E-state index is 0.0245. The molecule has 0 spiro atoms. The maximum atomic E-state index is 12.2. The Morgan fingerprint density at radius 3 is 2.68 bits per heavy atom. The van der Waals surface area contributed by atoms with Crippen LogP contribution in [0, 0.1) is 32.1 Å². The van der Waals surface area contributed by atoms with Crippen molar-refractivity contribution in [1.82, 2.24) is 0 Å². The van der Waals surface area contributed by atoms with Gasteiger partial charge in [-0.15, -0.1) is 0 Å². The van der Waals surface area contributed by atoms with Gasteiger partial charge in [-0.2, -0.15) is 0 Å². The highest BCUT2D eigenvalue weighted by molar-refractivity contribution is 5.82. The van der Waals surface area contributed by atoms with Crippen LogP contribution in [-0.2, 0) is 4.79 Å². The second kappa shape index (κ2) is 6.64. The summed E-state index contributed by atoms with van der Waals surface area (Å²) >= 11 is 0. The molecule has 0 bridgehead atoms. The zero-order valence-corrected chi connectivity index (χ0v) is 12.3. The fourth-order valence-corrected chi connectivity index (χ4v) is 3.14. The van der Waals surface area contributed by atoms with Crippen LogP contribution >= 0.6 is 0 Å².